The third kappa shape index (κ3) is 3.70. The first-order valence-corrected chi connectivity index (χ1v) is 5.54. The molecule has 4 nitrogen and oxygen atoms in total. The standard InChI is InChI=1S/C12H20N2O2/c1-4-7-12(2,15)9-14-11-10(16-3)6-5-8-13-11/h5-6,8,15H,4,7,9H2,1-3H3,(H,13,14). The molecule has 0 saturated heterocycles. The lowest BCUT2D eigenvalue weighted by Gasteiger charge is -2.23. The van der Waals surface area contributed by atoms with Crippen molar-refractivity contribution in [3.8, 4) is 5.75 Å². The summed E-state index contributed by atoms with van der Waals surface area (Å²) in [7, 11) is 1.60. The molecule has 0 saturated carbocycles. The van der Waals surface area contributed by atoms with E-state index in [0.29, 0.717) is 18.1 Å². The van der Waals surface area contributed by atoms with E-state index in [-0.39, 0.29) is 0 Å². The van der Waals surface area contributed by atoms with E-state index in [1.807, 2.05) is 19.1 Å². The van der Waals surface area contributed by atoms with Crippen molar-refractivity contribution >= 4 is 5.82 Å². The molecular weight excluding hydrogens is 204 g/mol. The number of hydrogen-bond acceptors (Lipinski definition) is 4. The summed E-state index contributed by atoms with van der Waals surface area (Å²) in [6.07, 6.45) is 3.41. The SMILES string of the molecule is CCCC(C)(O)CNc1ncccc1OC. The van der Waals surface area contributed by atoms with Crippen molar-refractivity contribution in [2.24, 2.45) is 0 Å². The number of anilines is 1. The monoisotopic (exact) mass is 224 g/mol. The molecule has 0 aliphatic carbocycles. The van der Waals surface area contributed by atoms with E-state index in [0.717, 1.165) is 12.8 Å². The zero-order valence-electron chi connectivity index (χ0n) is 10.2. The van der Waals surface area contributed by atoms with Crippen LogP contribution in [-0.2, 0) is 0 Å². The average Bonchev–Trinajstić information content (AvgIpc) is 2.27. The fraction of sp³-hybridized carbons (Fsp3) is 0.583. The first-order chi connectivity index (χ1) is 7.59. The van der Waals surface area contributed by atoms with Gasteiger partial charge in [0.2, 0.25) is 0 Å². The zero-order chi connectivity index (χ0) is 12.0. The number of pyridine rings is 1. The largest absolute Gasteiger partial charge is 0.493 e. The molecular formula is C12H20N2O2. The molecule has 1 aromatic rings. The van der Waals surface area contributed by atoms with Crippen molar-refractivity contribution in [1.82, 2.24) is 4.98 Å². The summed E-state index contributed by atoms with van der Waals surface area (Å²) in [5, 5.41) is 13.1. The molecule has 0 aromatic carbocycles. The minimum Gasteiger partial charge on any atom is -0.493 e. The van der Waals surface area contributed by atoms with Gasteiger partial charge in [-0.25, -0.2) is 4.98 Å². The maximum absolute atomic E-state index is 10.0. The highest BCUT2D eigenvalue weighted by Crippen LogP contribution is 2.21. The molecule has 0 amide bonds. The maximum Gasteiger partial charge on any atom is 0.168 e. The molecule has 2 N–H and O–H groups in total. The van der Waals surface area contributed by atoms with Crippen LogP contribution in [0.15, 0.2) is 18.3 Å². The first kappa shape index (κ1) is 12.8. The number of aliphatic hydroxyl groups is 1. The van der Waals surface area contributed by atoms with Crippen LogP contribution in [0.1, 0.15) is 26.7 Å². The number of hydrogen-bond donors (Lipinski definition) is 2. The van der Waals surface area contributed by atoms with Crippen LogP contribution < -0.4 is 10.1 Å². The highest BCUT2D eigenvalue weighted by atomic mass is 16.5. The van der Waals surface area contributed by atoms with Crippen molar-refractivity contribution < 1.29 is 9.84 Å². The molecule has 4 heteroatoms. The third-order valence-corrected chi connectivity index (χ3v) is 2.42. The van der Waals surface area contributed by atoms with Gasteiger partial charge in [-0.15, -0.1) is 0 Å². The van der Waals surface area contributed by atoms with Crippen molar-refractivity contribution in [1.29, 1.82) is 0 Å². The van der Waals surface area contributed by atoms with Gasteiger partial charge in [0.05, 0.1) is 12.7 Å². The zero-order valence-corrected chi connectivity index (χ0v) is 10.2. The van der Waals surface area contributed by atoms with Crippen molar-refractivity contribution in [2.45, 2.75) is 32.3 Å². The van der Waals surface area contributed by atoms with Crippen LogP contribution in [0.5, 0.6) is 5.75 Å². The summed E-state index contributed by atoms with van der Waals surface area (Å²) < 4.78 is 5.16. The predicted molar refractivity (Wildman–Crippen MR) is 64.8 cm³/mol. The van der Waals surface area contributed by atoms with Crippen LogP contribution in [0, 0.1) is 0 Å². The number of ether oxygens (including phenoxy) is 1. The Morgan fingerprint density at radius 1 is 1.56 bits per heavy atom. The van der Waals surface area contributed by atoms with E-state index in [9.17, 15) is 5.11 Å². The van der Waals surface area contributed by atoms with E-state index in [1.54, 1.807) is 13.3 Å². The molecule has 1 atom stereocenters. The van der Waals surface area contributed by atoms with Gasteiger partial charge in [0.25, 0.3) is 0 Å². The Balaban J connectivity index is 2.60. The van der Waals surface area contributed by atoms with E-state index in [1.165, 1.54) is 0 Å². The predicted octanol–water partition coefficient (Wildman–Crippen LogP) is 2.05. The number of nitrogens with one attached hydrogen (secondary N) is 1. The minimum absolute atomic E-state index is 0.466. The first-order valence-electron chi connectivity index (χ1n) is 5.54. The summed E-state index contributed by atoms with van der Waals surface area (Å²) in [5.74, 6) is 1.36. The summed E-state index contributed by atoms with van der Waals surface area (Å²) >= 11 is 0. The van der Waals surface area contributed by atoms with Gasteiger partial charge in [-0.2, -0.15) is 0 Å². The Morgan fingerprint density at radius 3 is 2.94 bits per heavy atom. The molecule has 0 fully saturated rings. The van der Waals surface area contributed by atoms with Crippen LogP contribution >= 0.6 is 0 Å². The molecule has 1 heterocycles. The molecule has 16 heavy (non-hydrogen) atoms. The van der Waals surface area contributed by atoms with Crippen molar-refractivity contribution in [3.63, 3.8) is 0 Å². The molecule has 1 aromatic heterocycles. The Kier molecular flexibility index (Phi) is 4.55. The average molecular weight is 224 g/mol. The van der Waals surface area contributed by atoms with E-state index in [4.69, 9.17) is 4.74 Å². The quantitative estimate of drug-likeness (QED) is 0.776. The Hall–Kier alpha value is -1.29. The second-order valence-electron chi connectivity index (χ2n) is 4.15. The Labute approximate surface area is 96.7 Å². The van der Waals surface area contributed by atoms with Gasteiger partial charge in [0, 0.05) is 12.7 Å². The third-order valence-electron chi connectivity index (χ3n) is 2.42. The summed E-state index contributed by atoms with van der Waals surface area (Å²) in [6.45, 7) is 4.34. The van der Waals surface area contributed by atoms with Crippen LogP contribution in [0.25, 0.3) is 0 Å². The van der Waals surface area contributed by atoms with E-state index in [2.05, 4.69) is 17.2 Å². The van der Waals surface area contributed by atoms with Crippen LogP contribution in [0.3, 0.4) is 0 Å². The molecule has 1 unspecified atom stereocenters. The maximum atomic E-state index is 10.0. The van der Waals surface area contributed by atoms with E-state index >= 15 is 0 Å². The summed E-state index contributed by atoms with van der Waals surface area (Å²) in [5.41, 5.74) is -0.711. The lowest BCUT2D eigenvalue weighted by molar-refractivity contribution is 0.0635. The van der Waals surface area contributed by atoms with Gasteiger partial charge in [-0.1, -0.05) is 13.3 Å². The topological polar surface area (TPSA) is 54.4 Å². The van der Waals surface area contributed by atoms with Gasteiger partial charge >= 0.3 is 0 Å². The smallest absolute Gasteiger partial charge is 0.168 e. The second kappa shape index (κ2) is 5.70. The normalized spacial score (nSPS) is 14.2. The number of rotatable bonds is 6. The van der Waals surface area contributed by atoms with Crippen molar-refractivity contribution in [2.75, 3.05) is 19.0 Å². The van der Waals surface area contributed by atoms with Gasteiger partial charge in [-0.05, 0) is 25.5 Å². The van der Waals surface area contributed by atoms with Gasteiger partial charge in [0.1, 0.15) is 0 Å². The number of nitrogens with zero attached hydrogens (tertiary/aromatic N) is 1. The highest BCUT2D eigenvalue weighted by molar-refractivity contribution is 5.49. The lowest BCUT2D eigenvalue weighted by atomic mass is 10.0. The Bertz CT molecular complexity index is 327. The van der Waals surface area contributed by atoms with Crippen molar-refractivity contribution in [3.05, 3.63) is 18.3 Å². The number of aromatic nitrogens is 1. The second-order valence-corrected chi connectivity index (χ2v) is 4.15. The number of methoxy groups -OCH3 is 1. The highest BCUT2D eigenvalue weighted by Gasteiger charge is 2.19. The van der Waals surface area contributed by atoms with Crippen LogP contribution in [0.2, 0.25) is 0 Å². The Morgan fingerprint density at radius 2 is 2.31 bits per heavy atom. The molecule has 0 radical (unpaired) electrons. The molecule has 0 bridgehead atoms. The molecule has 0 spiro atoms. The molecule has 1 rings (SSSR count). The molecule has 90 valence electrons. The lowest BCUT2D eigenvalue weighted by Crippen LogP contribution is -2.33. The molecule has 0 aliphatic heterocycles. The summed E-state index contributed by atoms with van der Waals surface area (Å²) in [6, 6.07) is 3.65. The van der Waals surface area contributed by atoms with Crippen LogP contribution in [-0.4, -0.2) is 29.3 Å². The summed E-state index contributed by atoms with van der Waals surface area (Å²) in [4.78, 5) is 4.17. The van der Waals surface area contributed by atoms with Gasteiger partial charge < -0.3 is 15.2 Å². The fourth-order valence-corrected chi connectivity index (χ4v) is 1.59. The molecule has 0 aliphatic rings. The minimum atomic E-state index is -0.711. The van der Waals surface area contributed by atoms with Crippen LogP contribution in [0.4, 0.5) is 5.82 Å². The fourth-order valence-electron chi connectivity index (χ4n) is 1.59. The van der Waals surface area contributed by atoms with Gasteiger partial charge in [0.15, 0.2) is 11.6 Å². The van der Waals surface area contributed by atoms with Gasteiger partial charge in [-0.3, -0.25) is 0 Å². The van der Waals surface area contributed by atoms with E-state index < -0.39 is 5.60 Å².